The molecule has 28 heteroatoms. The summed E-state index contributed by atoms with van der Waals surface area (Å²) < 4.78 is 60.6. The number of nitrogen functional groups attached to an aromatic ring is 1. The van der Waals surface area contributed by atoms with E-state index in [1.807, 2.05) is 12.2 Å². The van der Waals surface area contributed by atoms with Crippen LogP contribution in [-0.2, 0) is 50.7 Å². The van der Waals surface area contributed by atoms with E-state index in [0.29, 0.717) is 5.75 Å². The number of ether oxygens (including phenoxy) is 1. The number of allylic oxidation sites excluding steroid dienone is 4. The number of nitrogens with one attached hydrogen (secondary N) is 2. The fourth-order valence-corrected chi connectivity index (χ4v) is 8.82. The first-order valence-electron chi connectivity index (χ1n) is 18.8. The molecule has 0 saturated carbocycles. The van der Waals surface area contributed by atoms with Crippen molar-refractivity contribution in [3.05, 3.63) is 37.0 Å². The first-order chi connectivity index (χ1) is 28.6. The van der Waals surface area contributed by atoms with Crippen molar-refractivity contribution in [3.63, 3.8) is 0 Å². The zero-order chi connectivity index (χ0) is 45.4. The van der Waals surface area contributed by atoms with Crippen LogP contribution >= 0.6 is 35.2 Å². The summed E-state index contributed by atoms with van der Waals surface area (Å²) in [6.07, 6.45) is 5.92. The van der Waals surface area contributed by atoms with Crippen LogP contribution in [0.5, 0.6) is 0 Å². The lowest BCUT2D eigenvalue weighted by Crippen LogP contribution is -2.46. The van der Waals surface area contributed by atoms with Gasteiger partial charge in [0.1, 0.15) is 36.3 Å². The summed E-state index contributed by atoms with van der Waals surface area (Å²) >= 11 is 1.06. The minimum Gasteiger partial charge on any atom is -0.790 e. The average Bonchev–Trinajstić information content (AvgIpc) is 3.73. The molecule has 2 aromatic heterocycles. The second-order valence-corrected chi connectivity index (χ2v) is 19.3. The first kappa shape index (κ1) is 52.4. The number of thioether (sulfide) groups is 1. The Kier molecular flexibility index (Phi) is 20.8. The van der Waals surface area contributed by atoms with E-state index in [1.165, 1.54) is 33.1 Å². The van der Waals surface area contributed by atoms with E-state index in [0.717, 1.165) is 41.8 Å². The maximum atomic E-state index is 12.6. The summed E-state index contributed by atoms with van der Waals surface area (Å²) in [4.78, 5) is 96.3. The summed E-state index contributed by atoms with van der Waals surface area (Å²) in [5, 5.41) is 26.2. The van der Waals surface area contributed by atoms with Crippen LogP contribution in [0.25, 0.3) is 11.2 Å². The number of carbonyl (C=O) groups excluding carboxylic acids is 3. The molecule has 0 bridgehead atoms. The summed E-state index contributed by atoms with van der Waals surface area (Å²) in [7, 11) is -17.6. The van der Waals surface area contributed by atoms with Crippen LogP contribution in [0.4, 0.5) is 5.82 Å². The molecule has 0 radical (unpaired) electrons. The third-order valence-electron chi connectivity index (χ3n) is 8.63. The number of fused-ring (bicyclic) bond motifs is 1. The van der Waals surface area contributed by atoms with E-state index in [4.69, 9.17) is 10.5 Å². The normalized spacial score (nSPS) is 21.1. The topological polar surface area (TPSA) is 375 Å². The smallest absolute Gasteiger partial charge is 0.274 e. The molecule has 1 aliphatic rings. The van der Waals surface area contributed by atoms with Gasteiger partial charge in [0.15, 0.2) is 22.8 Å². The Bertz CT molecular complexity index is 1980. The number of phosphoric acid groups is 3. The minimum absolute atomic E-state index is 0.0213. The Hall–Kier alpha value is -2.96. The zero-order valence-electron chi connectivity index (χ0n) is 33.5. The van der Waals surface area contributed by atoms with Crippen molar-refractivity contribution in [2.75, 3.05) is 37.8 Å². The number of rotatable bonds is 27. The molecular weight excluding hydrogens is 891 g/mol. The molecule has 2 aromatic rings. The predicted octanol–water partition coefficient (Wildman–Crippen LogP) is -0.390. The SMILES string of the molecule is CCCCCC/C=C\C=C/CC(=O)SCCNC(=O)CCNC(=O)[C@H](O)C(C)(C)COP(=O)([O-])OP(=O)([O-])OC[C@H]1O[C@@H](n2cnc3c(N)ncnc32)[C@H](O)[C@@H]1OP(=O)([O-])[O-]. The second kappa shape index (κ2) is 24.2. The molecule has 0 aliphatic carbocycles. The van der Waals surface area contributed by atoms with Crippen LogP contribution in [0, 0.1) is 5.41 Å². The lowest BCUT2D eigenvalue weighted by molar-refractivity contribution is -0.347. The van der Waals surface area contributed by atoms with Gasteiger partial charge in [-0.1, -0.05) is 76.1 Å². The Morgan fingerprint density at radius 1 is 1.03 bits per heavy atom. The van der Waals surface area contributed by atoms with Crippen LogP contribution in [0.1, 0.15) is 71.9 Å². The van der Waals surface area contributed by atoms with Crippen molar-refractivity contribution >= 4 is 69.1 Å². The maximum Gasteiger partial charge on any atom is 0.274 e. The number of amides is 2. The predicted molar refractivity (Wildman–Crippen MR) is 210 cm³/mol. The van der Waals surface area contributed by atoms with Crippen molar-refractivity contribution in [2.24, 2.45) is 5.41 Å². The standard InChI is InChI=1S/C33H54N7O17P3S/c1-4-5-6-7-8-9-10-11-12-13-24(42)61-17-16-35-23(41)14-15-36-31(45)28(44)33(2,3)19-54-60(51,52)57-59(49,50)53-18-22-27(56-58(46,47)48)26(43)32(55-22)40-21-39-25-29(34)37-20-38-30(25)40/h9-12,20-22,26-28,32,43-44H,4-8,13-19H2,1-3H3,(H,35,41)(H,36,45)(H,49,50)(H,51,52)(H2,34,37,38)(H2,46,47,48)/p-4/b10-9-,12-11-/t22-,26-,27-,28+,32-/m1/s1. The Morgan fingerprint density at radius 3 is 2.44 bits per heavy atom. The highest BCUT2D eigenvalue weighted by atomic mass is 32.2. The molecule has 3 rings (SSSR count). The molecule has 0 aromatic carbocycles. The van der Waals surface area contributed by atoms with Gasteiger partial charge in [-0.2, -0.15) is 0 Å². The van der Waals surface area contributed by atoms with Gasteiger partial charge in [0.25, 0.3) is 15.6 Å². The number of aromatic nitrogens is 4. The number of aliphatic hydroxyl groups is 2. The largest absolute Gasteiger partial charge is 0.790 e. The zero-order valence-corrected chi connectivity index (χ0v) is 37.0. The molecule has 61 heavy (non-hydrogen) atoms. The number of nitrogens with two attached hydrogens (primary N) is 1. The fourth-order valence-electron chi connectivity index (χ4n) is 5.44. The van der Waals surface area contributed by atoms with Gasteiger partial charge in [0.05, 0.1) is 27.4 Å². The summed E-state index contributed by atoms with van der Waals surface area (Å²) in [5.41, 5.74) is 4.07. The van der Waals surface area contributed by atoms with E-state index < -0.39 is 84.6 Å². The summed E-state index contributed by atoms with van der Waals surface area (Å²) in [5.74, 6) is -1.22. The van der Waals surface area contributed by atoms with Crippen LogP contribution in [0.3, 0.4) is 0 Å². The number of anilines is 1. The van der Waals surface area contributed by atoms with Crippen LogP contribution in [0.2, 0.25) is 0 Å². The molecule has 0 spiro atoms. The third kappa shape index (κ3) is 18.0. The molecular formula is C33H50N7O17P3S-4. The maximum absolute atomic E-state index is 12.6. The van der Waals surface area contributed by atoms with Crippen molar-refractivity contribution in [1.82, 2.24) is 30.2 Å². The van der Waals surface area contributed by atoms with Gasteiger partial charge in [-0.15, -0.1) is 0 Å². The van der Waals surface area contributed by atoms with Crippen molar-refractivity contribution < 1.29 is 80.5 Å². The summed E-state index contributed by atoms with van der Waals surface area (Å²) in [6, 6.07) is 0. The van der Waals surface area contributed by atoms with Gasteiger partial charge in [-0.25, -0.2) is 19.3 Å². The highest BCUT2D eigenvalue weighted by Gasteiger charge is 2.47. The lowest BCUT2D eigenvalue weighted by Gasteiger charge is -2.36. The van der Waals surface area contributed by atoms with Crippen LogP contribution in [0.15, 0.2) is 37.0 Å². The Balaban J connectivity index is 1.41. The fraction of sp³-hybridized carbons (Fsp3) is 0.636. The quantitative estimate of drug-likeness (QED) is 0.0432. The average molecular weight is 942 g/mol. The number of hydrogen-bond acceptors (Lipinski definition) is 22. The molecule has 344 valence electrons. The Labute approximate surface area is 355 Å². The minimum atomic E-state index is -5.92. The monoisotopic (exact) mass is 941 g/mol. The second-order valence-electron chi connectivity index (χ2n) is 14.1. The molecule has 1 aliphatic heterocycles. The number of hydrogen-bond donors (Lipinski definition) is 5. The number of aliphatic hydroxyl groups excluding tert-OH is 2. The first-order valence-corrected chi connectivity index (χ1v) is 24.2. The highest BCUT2D eigenvalue weighted by Crippen LogP contribution is 2.56. The number of unbranched alkanes of at least 4 members (excludes halogenated alkanes) is 4. The summed E-state index contributed by atoms with van der Waals surface area (Å²) in [6.45, 7) is 2.25. The molecule has 1 saturated heterocycles. The number of imidazole rings is 1. The van der Waals surface area contributed by atoms with Crippen LogP contribution < -0.4 is 35.9 Å². The van der Waals surface area contributed by atoms with Crippen molar-refractivity contribution in [3.8, 4) is 0 Å². The van der Waals surface area contributed by atoms with Gasteiger partial charge in [0.2, 0.25) is 11.8 Å². The molecule has 7 atom stereocenters. The lowest BCUT2D eigenvalue weighted by atomic mass is 9.87. The van der Waals surface area contributed by atoms with Gasteiger partial charge < -0.3 is 69.0 Å². The van der Waals surface area contributed by atoms with Gasteiger partial charge in [-0.3, -0.25) is 28.1 Å². The van der Waals surface area contributed by atoms with Gasteiger partial charge in [0, 0.05) is 37.1 Å². The van der Waals surface area contributed by atoms with E-state index >= 15 is 0 Å². The molecule has 2 unspecified atom stereocenters. The van der Waals surface area contributed by atoms with Crippen molar-refractivity contribution in [2.45, 2.75) is 96.4 Å². The molecule has 2 amide bonds. The molecule has 6 N–H and O–H groups in total. The van der Waals surface area contributed by atoms with E-state index in [9.17, 15) is 57.9 Å². The number of carbonyl (C=O) groups is 3. The highest BCUT2D eigenvalue weighted by molar-refractivity contribution is 8.13. The van der Waals surface area contributed by atoms with Gasteiger partial charge in [-0.05, 0) is 12.8 Å². The van der Waals surface area contributed by atoms with Gasteiger partial charge >= 0.3 is 0 Å². The van der Waals surface area contributed by atoms with Crippen LogP contribution in [-0.4, -0.2) is 103 Å². The molecule has 1 fully saturated rings. The Morgan fingerprint density at radius 2 is 1.74 bits per heavy atom. The van der Waals surface area contributed by atoms with E-state index in [2.05, 4.69) is 56.5 Å². The number of nitrogens with zero attached hydrogens (tertiary/aromatic N) is 4. The number of phosphoric ester groups is 3. The molecule has 3 heterocycles. The van der Waals surface area contributed by atoms with E-state index in [1.54, 1.807) is 6.08 Å². The third-order valence-corrected chi connectivity index (χ3v) is 12.5. The van der Waals surface area contributed by atoms with E-state index in [-0.39, 0.29) is 48.0 Å². The van der Waals surface area contributed by atoms with Crippen molar-refractivity contribution in [1.29, 1.82) is 0 Å². The molecule has 24 nitrogen and oxygen atoms in total.